The Balaban J connectivity index is 2.35. The first kappa shape index (κ1) is 14.8. The molecule has 0 aliphatic rings. The zero-order valence-electron chi connectivity index (χ0n) is 10.5. The number of hydrogen-bond donors (Lipinski definition) is 2. The summed E-state index contributed by atoms with van der Waals surface area (Å²) in [6.45, 7) is 0. The molecule has 0 saturated carbocycles. The summed E-state index contributed by atoms with van der Waals surface area (Å²) in [5, 5.41) is 2.27. The van der Waals surface area contributed by atoms with Crippen molar-refractivity contribution < 1.29 is 22.4 Å². The van der Waals surface area contributed by atoms with Crippen LogP contribution < -0.4 is 11.1 Å². The molecule has 3 N–H and O–H groups in total. The molecule has 0 bridgehead atoms. The second kappa shape index (κ2) is 5.43. The molecule has 2 aromatic carbocycles. The van der Waals surface area contributed by atoms with E-state index in [-0.39, 0.29) is 11.4 Å². The lowest BCUT2D eigenvalue weighted by Crippen LogP contribution is -2.18. The molecule has 3 nitrogen and oxygen atoms in total. The van der Waals surface area contributed by atoms with Crippen molar-refractivity contribution in [1.82, 2.24) is 0 Å². The minimum absolute atomic E-state index is 0.194. The lowest BCUT2D eigenvalue weighted by atomic mass is 10.1. The molecule has 0 unspecified atom stereocenters. The molecular formula is C14H10F4N2O. The fourth-order valence-corrected chi connectivity index (χ4v) is 1.73. The number of nitrogen functional groups attached to an aromatic ring is 1. The molecule has 0 spiro atoms. The van der Waals surface area contributed by atoms with Gasteiger partial charge in [-0.2, -0.15) is 13.2 Å². The van der Waals surface area contributed by atoms with Crippen LogP contribution in [0.4, 0.5) is 28.9 Å². The largest absolute Gasteiger partial charge is 0.419 e. The molecule has 0 fully saturated rings. The maximum atomic E-state index is 13.8. The maximum Gasteiger partial charge on any atom is 0.419 e. The van der Waals surface area contributed by atoms with Crippen molar-refractivity contribution in [3.05, 3.63) is 59.4 Å². The number of hydrogen-bond acceptors (Lipinski definition) is 2. The highest BCUT2D eigenvalue weighted by Crippen LogP contribution is 2.32. The lowest BCUT2D eigenvalue weighted by molar-refractivity contribution is -0.140. The third-order valence-corrected chi connectivity index (χ3v) is 2.76. The number of amides is 1. The van der Waals surface area contributed by atoms with E-state index < -0.39 is 29.0 Å². The second-order valence-electron chi connectivity index (χ2n) is 4.21. The maximum absolute atomic E-state index is 13.8. The van der Waals surface area contributed by atoms with Crippen molar-refractivity contribution >= 4 is 17.3 Å². The number of anilines is 2. The van der Waals surface area contributed by atoms with E-state index in [4.69, 9.17) is 5.73 Å². The summed E-state index contributed by atoms with van der Waals surface area (Å²) in [6.07, 6.45) is -4.87. The first-order valence-corrected chi connectivity index (χ1v) is 5.82. The van der Waals surface area contributed by atoms with E-state index in [1.54, 1.807) is 12.1 Å². The zero-order valence-corrected chi connectivity index (χ0v) is 10.5. The van der Waals surface area contributed by atoms with E-state index in [1.165, 1.54) is 12.1 Å². The van der Waals surface area contributed by atoms with Crippen molar-refractivity contribution in [2.24, 2.45) is 0 Å². The fraction of sp³-hybridized carbons (Fsp3) is 0.0714. The quantitative estimate of drug-likeness (QED) is 0.656. The average Bonchev–Trinajstić information content (AvgIpc) is 2.40. The van der Waals surface area contributed by atoms with Gasteiger partial charge in [0.2, 0.25) is 0 Å². The molecule has 0 saturated heterocycles. The Hall–Kier alpha value is -2.57. The molecule has 0 aliphatic heterocycles. The number of alkyl halides is 3. The highest BCUT2D eigenvalue weighted by molar-refractivity contribution is 6.06. The van der Waals surface area contributed by atoms with Crippen LogP contribution in [-0.4, -0.2) is 5.91 Å². The van der Waals surface area contributed by atoms with E-state index in [0.29, 0.717) is 6.07 Å². The molecule has 0 heterocycles. The minimum atomic E-state index is -4.87. The number of carbonyl (C=O) groups excluding carboxylic acids is 1. The standard InChI is InChI=1S/C14H10F4N2O/c15-12-8(4-3-5-9(12)14(16,17)18)13(21)20-11-7-2-1-6-10(11)19/h1-7H,19H2,(H,20,21). The summed E-state index contributed by atoms with van der Waals surface area (Å²) in [5.74, 6) is -2.62. The number of rotatable bonds is 2. The molecule has 0 radical (unpaired) electrons. The Labute approximate surface area is 117 Å². The fourth-order valence-electron chi connectivity index (χ4n) is 1.73. The van der Waals surface area contributed by atoms with Gasteiger partial charge in [-0.1, -0.05) is 18.2 Å². The Bertz CT molecular complexity index is 683. The SMILES string of the molecule is Nc1ccccc1NC(=O)c1cccc(C(F)(F)F)c1F. The molecule has 0 aliphatic carbocycles. The number of nitrogens with one attached hydrogen (secondary N) is 1. The summed E-state index contributed by atoms with van der Waals surface area (Å²) in [4.78, 5) is 11.9. The number of nitrogens with two attached hydrogens (primary N) is 1. The Morgan fingerprint density at radius 3 is 2.33 bits per heavy atom. The summed E-state index contributed by atoms with van der Waals surface area (Å²) in [5.41, 5.74) is 3.82. The van der Waals surface area contributed by atoms with Gasteiger partial charge in [0.05, 0.1) is 22.5 Å². The lowest BCUT2D eigenvalue weighted by Gasteiger charge is -2.12. The van der Waals surface area contributed by atoms with Crippen LogP contribution >= 0.6 is 0 Å². The zero-order chi connectivity index (χ0) is 15.6. The van der Waals surface area contributed by atoms with Gasteiger partial charge < -0.3 is 11.1 Å². The molecule has 21 heavy (non-hydrogen) atoms. The minimum Gasteiger partial charge on any atom is -0.397 e. The van der Waals surface area contributed by atoms with E-state index in [2.05, 4.69) is 5.32 Å². The summed E-state index contributed by atoms with van der Waals surface area (Å²) in [6, 6.07) is 8.67. The highest BCUT2D eigenvalue weighted by atomic mass is 19.4. The van der Waals surface area contributed by atoms with Crippen LogP contribution in [-0.2, 0) is 6.18 Å². The topological polar surface area (TPSA) is 55.1 Å². The third-order valence-electron chi connectivity index (χ3n) is 2.76. The van der Waals surface area contributed by atoms with Gasteiger partial charge in [0.1, 0.15) is 5.82 Å². The molecular weight excluding hydrogens is 288 g/mol. The normalized spacial score (nSPS) is 11.2. The van der Waals surface area contributed by atoms with Gasteiger partial charge in [-0.05, 0) is 24.3 Å². The van der Waals surface area contributed by atoms with Gasteiger partial charge in [0, 0.05) is 0 Å². The number of halogens is 4. The Morgan fingerprint density at radius 1 is 1.05 bits per heavy atom. The average molecular weight is 298 g/mol. The summed E-state index contributed by atoms with van der Waals surface area (Å²) in [7, 11) is 0. The van der Waals surface area contributed by atoms with Gasteiger partial charge in [-0.15, -0.1) is 0 Å². The Kier molecular flexibility index (Phi) is 3.84. The van der Waals surface area contributed by atoms with Crippen molar-refractivity contribution in [2.45, 2.75) is 6.18 Å². The van der Waals surface area contributed by atoms with Crippen molar-refractivity contribution in [1.29, 1.82) is 0 Å². The van der Waals surface area contributed by atoms with E-state index in [1.807, 2.05) is 0 Å². The first-order valence-electron chi connectivity index (χ1n) is 5.82. The van der Waals surface area contributed by atoms with Gasteiger partial charge in [0.25, 0.3) is 5.91 Å². The Morgan fingerprint density at radius 2 is 1.71 bits per heavy atom. The number of carbonyl (C=O) groups is 1. The smallest absolute Gasteiger partial charge is 0.397 e. The van der Waals surface area contributed by atoms with E-state index >= 15 is 0 Å². The second-order valence-corrected chi connectivity index (χ2v) is 4.21. The van der Waals surface area contributed by atoms with Crippen LogP contribution in [0, 0.1) is 5.82 Å². The van der Waals surface area contributed by atoms with Crippen LogP contribution in [0.3, 0.4) is 0 Å². The molecule has 110 valence electrons. The molecule has 0 atom stereocenters. The van der Waals surface area contributed by atoms with Gasteiger partial charge in [-0.3, -0.25) is 4.79 Å². The summed E-state index contributed by atoms with van der Waals surface area (Å²) >= 11 is 0. The summed E-state index contributed by atoms with van der Waals surface area (Å²) < 4.78 is 51.6. The highest BCUT2D eigenvalue weighted by Gasteiger charge is 2.35. The number of para-hydroxylation sites is 2. The molecule has 2 rings (SSSR count). The molecule has 7 heteroatoms. The van der Waals surface area contributed by atoms with Gasteiger partial charge >= 0.3 is 6.18 Å². The van der Waals surface area contributed by atoms with Gasteiger partial charge in [0.15, 0.2) is 0 Å². The van der Waals surface area contributed by atoms with Crippen LogP contribution in [0.25, 0.3) is 0 Å². The van der Waals surface area contributed by atoms with E-state index in [0.717, 1.165) is 12.1 Å². The monoisotopic (exact) mass is 298 g/mol. The predicted molar refractivity (Wildman–Crippen MR) is 70.2 cm³/mol. The molecule has 2 aromatic rings. The van der Waals surface area contributed by atoms with Crippen molar-refractivity contribution in [3.8, 4) is 0 Å². The molecule has 0 aromatic heterocycles. The van der Waals surface area contributed by atoms with E-state index in [9.17, 15) is 22.4 Å². The van der Waals surface area contributed by atoms with Gasteiger partial charge in [-0.25, -0.2) is 4.39 Å². The van der Waals surface area contributed by atoms with Crippen LogP contribution in [0.1, 0.15) is 15.9 Å². The van der Waals surface area contributed by atoms with Crippen molar-refractivity contribution in [3.63, 3.8) is 0 Å². The predicted octanol–water partition coefficient (Wildman–Crippen LogP) is 3.68. The third kappa shape index (κ3) is 3.13. The van der Waals surface area contributed by atoms with Crippen LogP contribution in [0.2, 0.25) is 0 Å². The molecule has 1 amide bonds. The van der Waals surface area contributed by atoms with Crippen LogP contribution in [0.5, 0.6) is 0 Å². The van der Waals surface area contributed by atoms with Crippen molar-refractivity contribution in [2.75, 3.05) is 11.1 Å². The first-order chi connectivity index (χ1) is 9.80. The number of benzene rings is 2. The van der Waals surface area contributed by atoms with Crippen LogP contribution in [0.15, 0.2) is 42.5 Å².